The third-order valence-corrected chi connectivity index (χ3v) is 4.00. The second-order valence-electron chi connectivity index (χ2n) is 4.69. The maximum Gasteiger partial charge on any atom is 0.255 e. The van der Waals surface area contributed by atoms with E-state index in [1.165, 1.54) is 10.8 Å². The van der Waals surface area contributed by atoms with Gasteiger partial charge in [0.1, 0.15) is 0 Å². The van der Waals surface area contributed by atoms with Gasteiger partial charge in [0.05, 0.1) is 11.1 Å². The number of nitrogens with one attached hydrogen (secondary N) is 1. The number of hydrogen-bond donors (Lipinski definition) is 1. The highest BCUT2D eigenvalue weighted by Gasteiger charge is 2.11. The SMILES string of the molecule is O=S(=O)(C=Cc1ccccc1)Nc1cccnc1-n1cccn1. The number of anilines is 1. The van der Waals surface area contributed by atoms with Crippen LogP contribution in [0.15, 0.2) is 72.5 Å². The number of rotatable bonds is 5. The lowest BCUT2D eigenvalue weighted by Gasteiger charge is -2.09. The predicted molar refractivity (Wildman–Crippen MR) is 89.4 cm³/mol. The fraction of sp³-hybridized carbons (Fsp3) is 0. The Bertz CT molecular complexity index is 904. The molecule has 0 aliphatic rings. The van der Waals surface area contributed by atoms with Gasteiger partial charge in [0.15, 0.2) is 5.82 Å². The Balaban J connectivity index is 1.86. The molecule has 0 bridgehead atoms. The highest BCUT2D eigenvalue weighted by atomic mass is 32.2. The first kappa shape index (κ1) is 15.0. The maximum atomic E-state index is 12.2. The van der Waals surface area contributed by atoms with Crippen molar-refractivity contribution in [2.24, 2.45) is 0 Å². The van der Waals surface area contributed by atoms with Crippen LogP contribution >= 0.6 is 0 Å². The molecular weight excluding hydrogens is 312 g/mol. The molecule has 0 aliphatic heterocycles. The van der Waals surface area contributed by atoms with E-state index in [0.717, 1.165) is 11.0 Å². The molecule has 3 aromatic rings. The second kappa shape index (κ2) is 6.45. The number of hydrogen-bond acceptors (Lipinski definition) is 4. The summed E-state index contributed by atoms with van der Waals surface area (Å²) in [5.41, 5.74) is 1.16. The number of sulfonamides is 1. The topological polar surface area (TPSA) is 76.9 Å². The van der Waals surface area contributed by atoms with Gasteiger partial charge in [-0.3, -0.25) is 4.72 Å². The Hall–Kier alpha value is -2.93. The van der Waals surface area contributed by atoms with Crippen LogP contribution in [0.5, 0.6) is 0 Å². The van der Waals surface area contributed by atoms with E-state index in [2.05, 4.69) is 14.8 Å². The molecule has 0 saturated carbocycles. The van der Waals surface area contributed by atoms with E-state index in [1.807, 2.05) is 30.3 Å². The molecule has 3 rings (SSSR count). The molecule has 0 spiro atoms. The van der Waals surface area contributed by atoms with E-state index in [0.29, 0.717) is 11.5 Å². The van der Waals surface area contributed by atoms with E-state index >= 15 is 0 Å². The normalized spacial score (nSPS) is 11.7. The fourth-order valence-corrected chi connectivity index (χ4v) is 2.84. The second-order valence-corrected chi connectivity index (χ2v) is 6.25. The molecule has 0 saturated heterocycles. The van der Waals surface area contributed by atoms with Gasteiger partial charge in [-0.1, -0.05) is 30.3 Å². The molecule has 6 nitrogen and oxygen atoms in total. The van der Waals surface area contributed by atoms with E-state index < -0.39 is 10.0 Å². The van der Waals surface area contributed by atoms with Gasteiger partial charge in [-0.25, -0.2) is 18.1 Å². The summed E-state index contributed by atoms with van der Waals surface area (Å²) in [6.45, 7) is 0. The highest BCUT2D eigenvalue weighted by molar-refractivity contribution is 7.95. The lowest BCUT2D eigenvalue weighted by atomic mass is 10.2. The van der Waals surface area contributed by atoms with Gasteiger partial charge in [0, 0.05) is 18.6 Å². The third kappa shape index (κ3) is 3.83. The van der Waals surface area contributed by atoms with Crippen molar-refractivity contribution in [1.29, 1.82) is 0 Å². The van der Waals surface area contributed by atoms with Gasteiger partial charge in [-0.15, -0.1) is 0 Å². The van der Waals surface area contributed by atoms with Crippen molar-refractivity contribution in [3.63, 3.8) is 0 Å². The molecule has 0 fully saturated rings. The zero-order chi connectivity index (χ0) is 16.1. The van der Waals surface area contributed by atoms with E-state index in [9.17, 15) is 8.42 Å². The summed E-state index contributed by atoms with van der Waals surface area (Å²) < 4.78 is 28.5. The quantitative estimate of drug-likeness (QED) is 0.782. The minimum Gasteiger partial charge on any atom is -0.276 e. The molecule has 1 N–H and O–H groups in total. The van der Waals surface area contributed by atoms with Crippen molar-refractivity contribution in [3.05, 3.63) is 78.1 Å². The zero-order valence-electron chi connectivity index (χ0n) is 12.1. The van der Waals surface area contributed by atoms with Crippen LogP contribution < -0.4 is 4.72 Å². The van der Waals surface area contributed by atoms with Gasteiger partial charge in [0.25, 0.3) is 10.0 Å². The molecule has 2 heterocycles. The average Bonchev–Trinajstić information content (AvgIpc) is 3.09. The number of benzene rings is 1. The Kier molecular flexibility index (Phi) is 4.20. The molecule has 116 valence electrons. The third-order valence-electron chi connectivity index (χ3n) is 3.00. The summed E-state index contributed by atoms with van der Waals surface area (Å²) in [4.78, 5) is 4.17. The zero-order valence-corrected chi connectivity index (χ0v) is 12.9. The van der Waals surface area contributed by atoms with Crippen molar-refractivity contribution < 1.29 is 8.42 Å². The lowest BCUT2D eigenvalue weighted by Crippen LogP contribution is -2.12. The number of nitrogens with zero attached hydrogens (tertiary/aromatic N) is 3. The Labute approximate surface area is 134 Å². The van der Waals surface area contributed by atoms with E-state index in [4.69, 9.17) is 0 Å². The van der Waals surface area contributed by atoms with Crippen LogP contribution in [0.4, 0.5) is 5.69 Å². The van der Waals surface area contributed by atoms with Gasteiger partial charge >= 0.3 is 0 Å². The van der Waals surface area contributed by atoms with Crippen molar-refractivity contribution >= 4 is 21.8 Å². The van der Waals surface area contributed by atoms with Crippen LogP contribution in [0.1, 0.15) is 5.56 Å². The smallest absolute Gasteiger partial charge is 0.255 e. The molecule has 1 aromatic carbocycles. The lowest BCUT2D eigenvalue weighted by molar-refractivity contribution is 0.609. The fourth-order valence-electron chi connectivity index (χ4n) is 1.97. The Morgan fingerprint density at radius 3 is 2.57 bits per heavy atom. The van der Waals surface area contributed by atoms with Crippen molar-refractivity contribution in [1.82, 2.24) is 14.8 Å². The van der Waals surface area contributed by atoms with Crippen LogP contribution in [0.3, 0.4) is 0 Å². The molecular formula is C16H14N4O2S. The highest BCUT2D eigenvalue weighted by Crippen LogP contribution is 2.18. The molecule has 0 unspecified atom stereocenters. The molecule has 0 radical (unpaired) electrons. The summed E-state index contributed by atoms with van der Waals surface area (Å²) in [5, 5.41) is 5.20. The molecule has 2 aromatic heterocycles. The summed E-state index contributed by atoms with van der Waals surface area (Å²) in [5.74, 6) is 0.411. The van der Waals surface area contributed by atoms with Crippen LogP contribution in [-0.4, -0.2) is 23.2 Å². The minimum absolute atomic E-state index is 0.355. The first-order chi connectivity index (χ1) is 11.1. The van der Waals surface area contributed by atoms with Crippen LogP contribution in [0.25, 0.3) is 11.9 Å². The standard InChI is InChI=1S/C16H14N4O2S/c21-23(22,13-9-14-6-2-1-3-7-14)19-15-8-4-10-17-16(15)20-12-5-11-18-20/h1-13,19H. The first-order valence-electron chi connectivity index (χ1n) is 6.85. The van der Waals surface area contributed by atoms with Crippen molar-refractivity contribution in [2.45, 2.75) is 0 Å². The van der Waals surface area contributed by atoms with Crippen LogP contribution in [0.2, 0.25) is 0 Å². The van der Waals surface area contributed by atoms with Crippen LogP contribution in [0, 0.1) is 0 Å². The van der Waals surface area contributed by atoms with Gasteiger partial charge in [0.2, 0.25) is 0 Å². The Morgan fingerprint density at radius 2 is 1.83 bits per heavy atom. The first-order valence-corrected chi connectivity index (χ1v) is 8.40. The Morgan fingerprint density at radius 1 is 1.00 bits per heavy atom. The maximum absolute atomic E-state index is 12.2. The summed E-state index contributed by atoms with van der Waals surface area (Å²) in [6, 6.07) is 14.2. The largest absolute Gasteiger partial charge is 0.276 e. The molecule has 7 heteroatoms. The summed E-state index contributed by atoms with van der Waals surface area (Å²) >= 11 is 0. The molecule has 23 heavy (non-hydrogen) atoms. The number of aromatic nitrogens is 3. The summed E-state index contributed by atoms with van der Waals surface area (Å²) in [7, 11) is -3.66. The van der Waals surface area contributed by atoms with Gasteiger partial charge in [-0.2, -0.15) is 5.10 Å². The molecule has 0 amide bonds. The van der Waals surface area contributed by atoms with Crippen LogP contribution in [-0.2, 0) is 10.0 Å². The molecule has 0 atom stereocenters. The van der Waals surface area contributed by atoms with E-state index in [-0.39, 0.29) is 0 Å². The van der Waals surface area contributed by atoms with Gasteiger partial charge < -0.3 is 0 Å². The van der Waals surface area contributed by atoms with Gasteiger partial charge in [-0.05, 0) is 29.8 Å². The van der Waals surface area contributed by atoms with E-state index in [1.54, 1.807) is 36.8 Å². The van der Waals surface area contributed by atoms with Crippen molar-refractivity contribution in [2.75, 3.05) is 4.72 Å². The number of pyridine rings is 1. The molecule has 0 aliphatic carbocycles. The predicted octanol–water partition coefficient (Wildman–Crippen LogP) is 2.68. The van der Waals surface area contributed by atoms with Crippen molar-refractivity contribution in [3.8, 4) is 5.82 Å². The average molecular weight is 326 g/mol. The monoisotopic (exact) mass is 326 g/mol. The summed E-state index contributed by atoms with van der Waals surface area (Å²) in [6.07, 6.45) is 6.41. The minimum atomic E-state index is -3.66.